The molecule has 8 heteroatoms. The number of thiophene rings is 1. The molecule has 0 aromatic carbocycles. The van der Waals surface area contributed by atoms with Crippen LogP contribution in [0.15, 0.2) is 45.6 Å². The summed E-state index contributed by atoms with van der Waals surface area (Å²) < 4.78 is 2.93. The molecule has 108 valence electrons. The van der Waals surface area contributed by atoms with E-state index in [1.54, 1.807) is 28.4 Å². The lowest BCUT2D eigenvalue weighted by atomic mass is 10.5. The standard InChI is InChI=1S/C13H14N6S2/c1-2-5-15-11-16-12(19-7-6-14-9-19)18-13(17-11)21-10-4-3-8-20-10/h3-4,6-9H,2,5H2,1H3,(H,15,16,17,18). The molecule has 0 saturated carbocycles. The molecule has 0 spiro atoms. The highest BCUT2D eigenvalue weighted by atomic mass is 32.2. The summed E-state index contributed by atoms with van der Waals surface area (Å²) in [6, 6.07) is 4.07. The van der Waals surface area contributed by atoms with E-state index in [1.165, 1.54) is 11.8 Å². The molecule has 0 atom stereocenters. The summed E-state index contributed by atoms with van der Waals surface area (Å²) in [5.41, 5.74) is 0. The van der Waals surface area contributed by atoms with Gasteiger partial charge in [0.1, 0.15) is 6.33 Å². The molecule has 3 aromatic rings. The minimum absolute atomic E-state index is 0.570. The van der Waals surface area contributed by atoms with Crippen LogP contribution in [0.5, 0.6) is 0 Å². The van der Waals surface area contributed by atoms with Crippen molar-refractivity contribution in [3.63, 3.8) is 0 Å². The summed E-state index contributed by atoms with van der Waals surface area (Å²) in [6.45, 7) is 2.93. The van der Waals surface area contributed by atoms with Crippen LogP contribution in [0.25, 0.3) is 5.95 Å². The Bertz CT molecular complexity index is 681. The van der Waals surface area contributed by atoms with Crippen LogP contribution in [0.4, 0.5) is 5.95 Å². The first-order chi connectivity index (χ1) is 10.3. The first kappa shape index (κ1) is 14.0. The van der Waals surface area contributed by atoms with Crippen LogP contribution >= 0.6 is 23.1 Å². The predicted octanol–water partition coefficient (Wildman–Crippen LogP) is 3.09. The summed E-state index contributed by atoms with van der Waals surface area (Å²) >= 11 is 3.20. The molecule has 0 aliphatic carbocycles. The Morgan fingerprint density at radius 1 is 1.33 bits per heavy atom. The van der Waals surface area contributed by atoms with Gasteiger partial charge in [0.25, 0.3) is 0 Å². The number of rotatable bonds is 6. The van der Waals surface area contributed by atoms with Gasteiger partial charge in [-0.05, 0) is 29.6 Å². The van der Waals surface area contributed by atoms with Crippen LogP contribution in [0.1, 0.15) is 13.3 Å². The van der Waals surface area contributed by atoms with Crippen LogP contribution in [0.3, 0.4) is 0 Å². The third-order valence-electron chi connectivity index (χ3n) is 2.56. The highest BCUT2D eigenvalue weighted by Gasteiger charge is 2.09. The van der Waals surface area contributed by atoms with Crippen LogP contribution < -0.4 is 5.32 Å². The molecule has 3 heterocycles. The van der Waals surface area contributed by atoms with E-state index in [0.717, 1.165) is 17.2 Å². The van der Waals surface area contributed by atoms with Crippen molar-refractivity contribution < 1.29 is 0 Å². The second-order valence-electron chi connectivity index (χ2n) is 4.17. The number of aromatic nitrogens is 5. The van der Waals surface area contributed by atoms with Crippen LogP contribution in [0.2, 0.25) is 0 Å². The molecule has 0 aliphatic rings. The number of nitrogens with one attached hydrogen (secondary N) is 1. The van der Waals surface area contributed by atoms with E-state index < -0.39 is 0 Å². The topological polar surface area (TPSA) is 68.5 Å². The van der Waals surface area contributed by atoms with E-state index in [4.69, 9.17) is 0 Å². The van der Waals surface area contributed by atoms with Crippen molar-refractivity contribution in [2.45, 2.75) is 22.7 Å². The quantitative estimate of drug-likeness (QED) is 0.753. The largest absolute Gasteiger partial charge is 0.354 e. The minimum Gasteiger partial charge on any atom is -0.354 e. The van der Waals surface area contributed by atoms with Gasteiger partial charge >= 0.3 is 0 Å². The Kier molecular flexibility index (Phi) is 4.46. The smallest absolute Gasteiger partial charge is 0.240 e. The summed E-state index contributed by atoms with van der Waals surface area (Å²) in [6.07, 6.45) is 6.21. The van der Waals surface area contributed by atoms with Crippen LogP contribution in [-0.4, -0.2) is 31.0 Å². The molecule has 21 heavy (non-hydrogen) atoms. The summed E-state index contributed by atoms with van der Waals surface area (Å²) in [7, 11) is 0. The van der Waals surface area contributed by atoms with Gasteiger partial charge in [-0.2, -0.15) is 15.0 Å². The molecule has 1 N–H and O–H groups in total. The monoisotopic (exact) mass is 318 g/mol. The zero-order chi connectivity index (χ0) is 14.5. The van der Waals surface area contributed by atoms with Gasteiger partial charge in [0.2, 0.25) is 11.9 Å². The Morgan fingerprint density at radius 2 is 2.29 bits per heavy atom. The molecule has 0 aliphatic heterocycles. The van der Waals surface area contributed by atoms with Crippen molar-refractivity contribution in [3.8, 4) is 5.95 Å². The normalized spacial score (nSPS) is 10.7. The number of anilines is 1. The van der Waals surface area contributed by atoms with E-state index in [-0.39, 0.29) is 0 Å². The molecule has 3 aromatic heterocycles. The number of hydrogen-bond acceptors (Lipinski definition) is 7. The number of hydrogen-bond donors (Lipinski definition) is 1. The summed E-state index contributed by atoms with van der Waals surface area (Å²) in [5, 5.41) is 5.92. The van der Waals surface area contributed by atoms with Gasteiger partial charge in [-0.25, -0.2) is 4.98 Å². The van der Waals surface area contributed by atoms with Crippen molar-refractivity contribution >= 4 is 29.0 Å². The Morgan fingerprint density at radius 3 is 3.00 bits per heavy atom. The molecule has 0 amide bonds. The molecule has 6 nitrogen and oxygen atoms in total. The predicted molar refractivity (Wildman–Crippen MR) is 84.2 cm³/mol. The van der Waals surface area contributed by atoms with Crippen molar-refractivity contribution in [2.75, 3.05) is 11.9 Å². The fourth-order valence-electron chi connectivity index (χ4n) is 1.61. The van der Waals surface area contributed by atoms with E-state index in [2.05, 4.69) is 38.2 Å². The van der Waals surface area contributed by atoms with Gasteiger partial charge in [-0.3, -0.25) is 4.57 Å². The maximum Gasteiger partial charge on any atom is 0.240 e. The van der Waals surface area contributed by atoms with Gasteiger partial charge in [0, 0.05) is 18.9 Å². The SMILES string of the molecule is CCCNc1nc(Sc2cccs2)nc(-n2ccnc2)n1. The maximum atomic E-state index is 4.49. The van der Waals surface area contributed by atoms with E-state index in [0.29, 0.717) is 17.1 Å². The van der Waals surface area contributed by atoms with E-state index >= 15 is 0 Å². The zero-order valence-electron chi connectivity index (χ0n) is 11.4. The van der Waals surface area contributed by atoms with Crippen LogP contribution in [0, 0.1) is 0 Å². The minimum atomic E-state index is 0.570. The molecule has 3 rings (SSSR count). The second-order valence-corrected chi connectivity index (χ2v) is 6.39. The number of nitrogens with zero attached hydrogens (tertiary/aromatic N) is 5. The molecule has 0 bridgehead atoms. The van der Waals surface area contributed by atoms with Crippen molar-refractivity contribution in [1.82, 2.24) is 24.5 Å². The highest BCUT2D eigenvalue weighted by Crippen LogP contribution is 2.29. The lowest BCUT2D eigenvalue weighted by Crippen LogP contribution is -2.09. The molecule has 0 unspecified atom stereocenters. The molecule has 0 saturated heterocycles. The van der Waals surface area contributed by atoms with E-state index in [1.807, 2.05) is 17.6 Å². The average Bonchev–Trinajstić information content (AvgIpc) is 3.18. The van der Waals surface area contributed by atoms with Crippen molar-refractivity contribution in [3.05, 3.63) is 36.2 Å². The third-order valence-corrected chi connectivity index (χ3v) is 4.46. The highest BCUT2D eigenvalue weighted by molar-refractivity contribution is 8.01. The summed E-state index contributed by atoms with van der Waals surface area (Å²) in [4.78, 5) is 17.4. The molecular weight excluding hydrogens is 304 g/mol. The van der Waals surface area contributed by atoms with Gasteiger partial charge in [0.15, 0.2) is 5.16 Å². The fraction of sp³-hybridized carbons (Fsp3) is 0.231. The second kappa shape index (κ2) is 6.68. The molecule has 0 fully saturated rings. The molecule has 0 radical (unpaired) electrons. The van der Waals surface area contributed by atoms with Crippen molar-refractivity contribution in [2.24, 2.45) is 0 Å². The van der Waals surface area contributed by atoms with E-state index in [9.17, 15) is 0 Å². The van der Waals surface area contributed by atoms with Gasteiger partial charge in [0.05, 0.1) is 4.21 Å². The third kappa shape index (κ3) is 3.59. The Balaban J connectivity index is 1.92. The maximum absolute atomic E-state index is 4.49. The lowest BCUT2D eigenvalue weighted by molar-refractivity contribution is 0.817. The molecular formula is C13H14N6S2. The van der Waals surface area contributed by atoms with Gasteiger partial charge in [-0.15, -0.1) is 11.3 Å². The number of imidazole rings is 1. The lowest BCUT2D eigenvalue weighted by Gasteiger charge is -2.07. The van der Waals surface area contributed by atoms with Gasteiger partial charge in [-0.1, -0.05) is 13.0 Å². The van der Waals surface area contributed by atoms with Crippen LogP contribution in [-0.2, 0) is 0 Å². The van der Waals surface area contributed by atoms with Gasteiger partial charge < -0.3 is 5.32 Å². The fourth-order valence-corrected chi connectivity index (χ4v) is 3.23. The van der Waals surface area contributed by atoms with Crippen molar-refractivity contribution in [1.29, 1.82) is 0 Å². The summed E-state index contributed by atoms with van der Waals surface area (Å²) in [5.74, 6) is 1.16. The first-order valence-corrected chi connectivity index (χ1v) is 8.24. The zero-order valence-corrected chi connectivity index (χ0v) is 13.1. The average molecular weight is 318 g/mol. The first-order valence-electron chi connectivity index (χ1n) is 6.55. The Labute approximate surface area is 130 Å². The Hall–Kier alpha value is -1.93.